The number of aliphatic hydroxyl groups excluding tert-OH is 1. The lowest BCUT2D eigenvalue weighted by Crippen LogP contribution is -2.51. The molecule has 3 rings (SSSR count). The third-order valence-electron chi connectivity index (χ3n) is 5.01. The van der Waals surface area contributed by atoms with Crippen LogP contribution in [0, 0.1) is 5.82 Å². The van der Waals surface area contributed by atoms with Gasteiger partial charge >= 0.3 is 0 Å². The molecule has 0 bridgehead atoms. The molecule has 0 spiro atoms. The number of halogens is 1. The zero-order valence-corrected chi connectivity index (χ0v) is 17.1. The molecule has 0 unspecified atom stereocenters. The maximum absolute atomic E-state index is 13.3. The van der Waals surface area contributed by atoms with Gasteiger partial charge in [0.25, 0.3) is 5.91 Å². The summed E-state index contributed by atoms with van der Waals surface area (Å²) >= 11 is 0. The molecule has 30 heavy (non-hydrogen) atoms. The highest BCUT2D eigenvalue weighted by molar-refractivity contribution is 7.89. The molecular formula is C21H25FN2O5S. The SMILES string of the molecule is O=C(N[C@@H]1CC[C@H](CCNS(=O)(=O)c2ccccc2)O[C@H]1CO)c1cccc(F)c1. The van der Waals surface area contributed by atoms with E-state index in [2.05, 4.69) is 10.0 Å². The first-order valence-corrected chi connectivity index (χ1v) is 11.2. The molecule has 2 aromatic rings. The van der Waals surface area contributed by atoms with Crippen molar-refractivity contribution in [3.8, 4) is 0 Å². The Balaban J connectivity index is 1.50. The lowest BCUT2D eigenvalue weighted by molar-refractivity contribution is -0.0891. The molecule has 3 N–H and O–H groups in total. The smallest absolute Gasteiger partial charge is 0.251 e. The van der Waals surface area contributed by atoms with Gasteiger partial charge < -0.3 is 15.2 Å². The highest BCUT2D eigenvalue weighted by atomic mass is 32.2. The Bertz CT molecular complexity index is 955. The van der Waals surface area contributed by atoms with Crippen molar-refractivity contribution < 1.29 is 27.4 Å². The summed E-state index contributed by atoms with van der Waals surface area (Å²) in [5, 5.41) is 12.4. The Morgan fingerprint density at radius 3 is 2.60 bits per heavy atom. The van der Waals surface area contributed by atoms with Crippen molar-refractivity contribution in [2.75, 3.05) is 13.2 Å². The molecule has 1 aliphatic heterocycles. The van der Waals surface area contributed by atoms with E-state index in [4.69, 9.17) is 4.74 Å². The molecule has 0 aromatic heterocycles. The molecule has 2 aromatic carbocycles. The van der Waals surface area contributed by atoms with E-state index in [1.807, 2.05) is 0 Å². The van der Waals surface area contributed by atoms with Crippen molar-refractivity contribution in [3.05, 3.63) is 66.0 Å². The average Bonchev–Trinajstić information content (AvgIpc) is 2.75. The zero-order valence-electron chi connectivity index (χ0n) is 16.3. The minimum absolute atomic E-state index is 0.195. The molecule has 9 heteroatoms. The molecule has 1 amide bonds. The van der Waals surface area contributed by atoms with E-state index in [0.717, 1.165) is 6.07 Å². The maximum atomic E-state index is 13.3. The van der Waals surface area contributed by atoms with E-state index in [9.17, 15) is 22.7 Å². The molecule has 0 radical (unpaired) electrons. The van der Waals surface area contributed by atoms with Gasteiger partial charge in [-0.1, -0.05) is 24.3 Å². The van der Waals surface area contributed by atoms with Crippen LogP contribution in [0.15, 0.2) is 59.5 Å². The standard InChI is InChI=1S/C21H25FN2O5S/c22-16-6-4-5-15(13-16)21(26)24-19-10-9-17(29-20(19)14-25)11-12-23-30(27,28)18-7-2-1-3-8-18/h1-8,13,17,19-20,23,25H,9-12,14H2,(H,24,26)/t17-,19-,20+/m1/s1. The van der Waals surface area contributed by atoms with Crippen LogP contribution in [0.2, 0.25) is 0 Å². The van der Waals surface area contributed by atoms with Crippen LogP contribution in [0.1, 0.15) is 29.6 Å². The Hall–Kier alpha value is -2.33. The molecule has 0 saturated carbocycles. The zero-order chi connectivity index (χ0) is 21.6. The predicted molar refractivity (Wildman–Crippen MR) is 109 cm³/mol. The first-order chi connectivity index (χ1) is 14.4. The van der Waals surface area contributed by atoms with Gasteiger partial charge in [0.05, 0.1) is 23.6 Å². The van der Waals surface area contributed by atoms with Crippen LogP contribution in [0.3, 0.4) is 0 Å². The second kappa shape index (κ2) is 10.1. The Morgan fingerprint density at radius 1 is 1.13 bits per heavy atom. The van der Waals surface area contributed by atoms with Gasteiger partial charge in [0.15, 0.2) is 0 Å². The minimum Gasteiger partial charge on any atom is -0.394 e. The van der Waals surface area contributed by atoms with Gasteiger partial charge in [-0.25, -0.2) is 17.5 Å². The third kappa shape index (κ3) is 5.85. The van der Waals surface area contributed by atoms with Crippen molar-refractivity contribution in [1.29, 1.82) is 0 Å². The number of hydrogen-bond acceptors (Lipinski definition) is 5. The van der Waals surface area contributed by atoms with Crippen molar-refractivity contribution in [2.24, 2.45) is 0 Å². The number of rotatable bonds is 8. The summed E-state index contributed by atoms with van der Waals surface area (Å²) in [6, 6.07) is 13.1. The summed E-state index contributed by atoms with van der Waals surface area (Å²) in [5.41, 5.74) is 0.198. The second-order valence-corrected chi connectivity index (χ2v) is 8.91. The fourth-order valence-corrected chi connectivity index (χ4v) is 4.50. The number of benzene rings is 2. The molecule has 1 aliphatic rings. The van der Waals surface area contributed by atoms with E-state index in [0.29, 0.717) is 19.3 Å². The number of sulfonamides is 1. The summed E-state index contributed by atoms with van der Waals surface area (Å²) in [5.74, 6) is -0.935. The van der Waals surface area contributed by atoms with Crippen molar-refractivity contribution in [2.45, 2.75) is 42.4 Å². The van der Waals surface area contributed by atoms with E-state index in [1.165, 1.54) is 30.3 Å². The summed E-state index contributed by atoms with van der Waals surface area (Å²) in [4.78, 5) is 12.5. The summed E-state index contributed by atoms with van der Waals surface area (Å²) in [7, 11) is -3.58. The lowest BCUT2D eigenvalue weighted by atomic mass is 9.97. The summed E-state index contributed by atoms with van der Waals surface area (Å²) in [6.07, 6.45) is 0.725. The van der Waals surface area contributed by atoms with E-state index < -0.39 is 33.9 Å². The fourth-order valence-electron chi connectivity index (χ4n) is 3.43. The van der Waals surface area contributed by atoms with Crippen LogP contribution in [0.4, 0.5) is 4.39 Å². The Kier molecular flexibility index (Phi) is 7.54. The monoisotopic (exact) mass is 436 g/mol. The molecule has 162 valence electrons. The van der Waals surface area contributed by atoms with E-state index in [1.54, 1.807) is 18.2 Å². The molecule has 1 fully saturated rings. The largest absolute Gasteiger partial charge is 0.394 e. The highest BCUT2D eigenvalue weighted by Crippen LogP contribution is 2.22. The van der Waals surface area contributed by atoms with Crippen LogP contribution in [-0.2, 0) is 14.8 Å². The number of hydrogen-bond donors (Lipinski definition) is 3. The number of nitrogens with one attached hydrogen (secondary N) is 2. The van der Waals surface area contributed by atoms with Crippen LogP contribution >= 0.6 is 0 Å². The van der Waals surface area contributed by atoms with Gasteiger partial charge in [-0.3, -0.25) is 4.79 Å². The van der Waals surface area contributed by atoms with Crippen molar-refractivity contribution >= 4 is 15.9 Å². The number of ether oxygens (including phenoxy) is 1. The van der Waals surface area contributed by atoms with Crippen LogP contribution in [-0.4, -0.2) is 50.8 Å². The third-order valence-corrected chi connectivity index (χ3v) is 6.49. The van der Waals surface area contributed by atoms with Crippen LogP contribution in [0.25, 0.3) is 0 Å². The first kappa shape index (κ1) is 22.4. The molecule has 3 atom stereocenters. The predicted octanol–water partition coefficient (Wildman–Crippen LogP) is 1.83. The van der Waals surface area contributed by atoms with Crippen molar-refractivity contribution in [3.63, 3.8) is 0 Å². The van der Waals surface area contributed by atoms with E-state index >= 15 is 0 Å². The topological polar surface area (TPSA) is 105 Å². The Morgan fingerprint density at radius 2 is 1.90 bits per heavy atom. The number of amides is 1. The first-order valence-electron chi connectivity index (χ1n) is 9.76. The van der Waals surface area contributed by atoms with Gasteiger partial charge in [0.1, 0.15) is 11.9 Å². The van der Waals surface area contributed by atoms with Crippen LogP contribution in [0.5, 0.6) is 0 Å². The number of carbonyl (C=O) groups excluding carboxylic acids is 1. The molecule has 1 heterocycles. The van der Waals surface area contributed by atoms with Gasteiger partial charge in [0.2, 0.25) is 10.0 Å². The average molecular weight is 437 g/mol. The number of aliphatic hydroxyl groups is 1. The molecule has 7 nitrogen and oxygen atoms in total. The van der Waals surface area contributed by atoms with Gasteiger partial charge in [-0.2, -0.15) is 0 Å². The minimum atomic E-state index is -3.58. The number of carbonyl (C=O) groups is 1. The lowest BCUT2D eigenvalue weighted by Gasteiger charge is -2.36. The summed E-state index contributed by atoms with van der Waals surface area (Å²) < 4.78 is 46.2. The van der Waals surface area contributed by atoms with E-state index in [-0.39, 0.29) is 29.7 Å². The normalized spacial score (nSPS) is 21.9. The maximum Gasteiger partial charge on any atom is 0.251 e. The molecule has 0 aliphatic carbocycles. The Labute approximate surface area is 175 Å². The van der Waals surface area contributed by atoms with Crippen LogP contribution < -0.4 is 10.0 Å². The second-order valence-electron chi connectivity index (χ2n) is 7.15. The summed E-state index contributed by atoms with van der Waals surface area (Å²) in [6.45, 7) is -0.0965. The van der Waals surface area contributed by atoms with Gasteiger partial charge in [0, 0.05) is 12.1 Å². The van der Waals surface area contributed by atoms with Gasteiger partial charge in [-0.05, 0) is 49.6 Å². The molecular weight excluding hydrogens is 411 g/mol. The highest BCUT2D eigenvalue weighted by Gasteiger charge is 2.32. The molecule has 1 saturated heterocycles. The fraction of sp³-hybridized carbons (Fsp3) is 0.381. The van der Waals surface area contributed by atoms with Crippen molar-refractivity contribution in [1.82, 2.24) is 10.0 Å². The quantitative estimate of drug-likeness (QED) is 0.586. The van der Waals surface area contributed by atoms with Gasteiger partial charge in [-0.15, -0.1) is 0 Å².